The van der Waals surface area contributed by atoms with Gasteiger partial charge >= 0.3 is 0 Å². The van der Waals surface area contributed by atoms with Crippen LogP contribution in [0.1, 0.15) is 21.7 Å². The fraction of sp³-hybridized carbons (Fsp3) is 0.0625. The van der Waals surface area contributed by atoms with Crippen molar-refractivity contribution >= 4 is 28.4 Å². The van der Waals surface area contributed by atoms with E-state index in [4.69, 9.17) is 16.0 Å². The summed E-state index contributed by atoms with van der Waals surface area (Å²) in [7, 11) is 0. The molecule has 0 saturated heterocycles. The molecule has 1 aromatic heterocycles. The predicted molar refractivity (Wildman–Crippen MR) is 75.8 cm³/mol. The first-order valence-corrected chi connectivity index (χ1v) is 6.32. The number of halogens is 1. The van der Waals surface area contributed by atoms with E-state index in [1.165, 1.54) is 0 Å². The molecule has 0 fully saturated rings. The lowest BCUT2D eigenvalue weighted by molar-refractivity contribution is 0.101. The summed E-state index contributed by atoms with van der Waals surface area (Å²) in [4.78, 5) is 12.3. The minimum Gasteiger partial charge on any atom is -0.451 e. The Morgan fingerprint density at radius 3 is 2.53 bits per heavy atom. The van der Waals surface area contributed by atoms with Crippen molar-refractivity contribution in [2.75, 3.05) is 0 Å². The lowest BCUT2D eigenvalue weighted by atomic mass is 10.1. The molecule has 0 atom stereocenters. The van der Waals surface area contributed by atoms with Crippen molar-refractivity contribution < 1.29 is 9.21 Å². The minimum absolute atomic E-state index is 0.132. The summed E-state index contributed by atoms with van der Waals surface area (Å²) in [6, 6.07) is 14.6. The van der Waals surface area contributed by atoms with Crippen molar-refractivity contribution in [3.05, 3.63) is 70.4 Å². The molecule has 0 aliphatic carbocycles. The summed E-state index contributed by atoms with van der Waals surface area (Å²) >= 11 is 6.04. The van der Waals surface area contributed by atoms with E-state index < -0.39 is 0 Å². The molecule has 0 saturated carbocycles. The van der Waals surface area contributed by atoms with Crippen LogP contribution in [0.3, 0.4) is 0 Å². The fourth-order valence-corrected chi connectivity index (χ4v) is 2.21. The maximum Gasteiger partial charge on any atom is 0.228 e. The van der Waals surface area contributed by atoms with Gasteiger partial charge in [-0.05, 0) is 19.1 Å². The summed E-state index contributed by atoms with van der Waals surface area (Å²) < 4.78 is 5.56. The van der Waals surface area contributed by atoms with Crippen molar-refractivity contribution in [3.8, 4) is 0 Å². The average Bonchev–Trinajstić information content (AvgIpc) is 2.84. The third-order valence-corrected chi connectivity index (χ3v) is 3.33. The first-order chi connectivity index (χ1) is 9.15. The van der Waals surface area contributed by atoms with Crippen molar-refractivity contribution in [2.24, 2.45) is 0 Å². The molecule has 0 N–H and O–H groups in total. The summed E-state index contributed by atoms with van der Waals surface area (Å²) in [5.41, 5.74) is 2.28. The first-order valence-electron chi connectivity index (χ1n) is 5.94. The summed E-state index contributed by atoms with van der Waals surface area (Å²) in [5.74, 6) is 0.180. The molecular weight excluding hydrogens is 260 g/mol. The van der Waals surface area contributed by atoms with Crippen LogP contribution in [0.4, 0.5) is 0 Å². The summed E-state index contributed by atoms with van der Waals surface area (Å²) in [6.07, 6.45) is 0. The van der Waals surface area contributed by atoms with Crippen LogP contribution in [0.5, 0.6) is 0 Å². The van der Waals surface area contributed by atoms with Crippen LogP contribution in [0.25, 0.3) is 11.0 Å². The third-order valence-electron chi connectivity index (χ3n) is 3.03. The largest absolute Gasteiger partial charge is 0.451 e. The lowest BCUT2D eigenvalue weighted by Crippen LogP contribution is -1.98. The van der Waals surface area contributed by atoms with Gasteiger partial charge in [0.25, 0.3) is 0 Å². The van der Waals surface area contributed by atoms with Gasteiger partial charge in [-0.15, -0.1) is 0 Å². The normalized spacial score (nSPS) is 10.8. The first kappa shape index (κ1) is 12.0. The number of carbonyl (C=O) groups excluding carboxylic acids is 1. The number of ketones is 1. The van der Waals surface area contributed by atoms with Gasteiger partial charge in [-0.1, -0.05) is 53.6 Å². The lowest BCUT2D eigenvalue weighted by Gasteiger charge is -1.98. The van der Waals surface area contributed by atoms with Gasteiger partial charge in [0, 0.05) is 10.9 Å². The van der Waals surface area contributed by atoms with Gasteiger partial charge in [-0.3, -0.25) is 4.79 Å². The number of carbonyl (C=O) groups is 1. The Labute approximate surface area is 115 Å². The van der Waals surface area contributed by atoms with Crippen LogP contribution in [0.2, 0.25) is 5.02 Å². The Hall–Kier alpha value is -2.06. The Morgan fingerprint density at radius 2 is 1.84 bits per heavy atom. The fourth-order valence-electron chi connectivity index (χ4n) is 1.99. The van der Waals surface area contributed by atoms with Crippen molar-refractivity contribution in [3.63, 3.8) is 0 Å². The molecule has 3 heteroatoms. The molecule has 3 rings (SSSR count). The molecule has 0 spiro atoms. The monoisotopic (exact) mass is 270 g/mol. The van der Waals surface area contributed by atoms with Gasteiger partial charge in [-0.25, -0.2) is 0 Å². The van der Waals surface area contributed by atoms with Crippen LogP contribution in [0.15, 0.2) is 52.9 Å². The van der Waals surface area contributed by atoms with E-state index in [-0.39, 0.29) is 5.78 Å². The number of hydrogen-bond donors (Lipinski definition) is 0. The van der Waals surface area contributed by atoms with E-state index >= 15 is 0 Å². The molecule has 0 amide bonds. The molecule has 19 heavy (non-hydrogen) atoms. The van der Waals surface area contributed by atoms with Crippen molar-refractivity contribution in [1.29, 1.82) is 0 Å². The maximum absolute atomic E-state index is 12.3. The molecule has 0 radical (unpaired) electrons. The summed E-state index contributed by atoms with van der Waals surface area (Å²) in [5, 5.41) is 1.35. The highest BCUT2D eigenvalue weighted by Crippen LogP contribution is 2.27. The van der Waals surface area contributed by atoms with Crippen LogP contribution < -0.4 is 0 Å². The van der Waals surface area contributed by atoms with Crippen LogP contribution in [0, 0.1) is 6.92 Å². The van der Waals surface area contributed by atoms with Crippen LogP contribution >= 0.6 is 11.6 Å². The maximum atomic E-state index is 12.3. The van der Waals surface area contributed by atoms with E-state index in [0.29, 0.717) is 21.9 Å². The van der Waals surface area contributed by atoms with Gasteiger partial charge in [0.15, 0.2) is 11.3 Å². The zero-order valence-electron chi connectivity index (χ0n) is 10.3. The molecule has 0 unspecified atom stereocenters. The minimum atomic E-state index is -0.132. The average molecular weight is 271 g/mol. The number of aryl methyl sites for hydroxylation is 1. The van der Waals surface area contributed by atoms with E-state index in [0.717, 1.165) is 10.9 Å². The highest BCUT2D eigenvalue weighted by Gasteiger charge is 2.15. The number of rotatable bonds is 2. The van der Waals surface area contributed by atoms with Gasteiger partial charge in [-0.2, -0.15) is 0 Å². The van der Waals surface area contributed by atoms with E-state index in [1.54, 1.807) is 24.3 Å². The molecule has 3 aromatic rings. The highest BCUT2D eigenvalue weighted by molar-refractivity contribution is 6.35. The Balaban J connectivity index is 2.06. The van der Waals surface area contributed by atoms with Gasteiger partial charge < -0.3 is 4.42 Å². The Kier molecular flexibility index (Phi) is 2.88. The molecule has 0 aliphatic heterocycles. The second-order valence-corrected chi connectivity index (χ2v) is 4.87. The molecular formula is C16H11ClO2. The van der Waals surface area contributed by atoms with E-state index in [9.17, 15) is 4.79 Å². The molecule has 2 nitrogen and oxygen atoms in total. The zero-order valence-corrected chi connectivity index (χ0v) is 11.1. The number of para-hydroxylation sites is 1. The molecule has 0 aliphatic rings. The molecule has 1 heterocycles. The Bertz CT molecular complexity index is 754. The molecule has 2 aromatic carbocycles. The van der Waals surface area contributed by atoms with E-state index in [1.807, 2.05) is 31.2 Å². The second-order valence-electron chi connectivity index (χ2n) is 4.46. The van der Waals surface area contributed by atoms with Gasteiger partial charge in [0.2, 0.25) is 5.78 Å². The zero-order chi connectivity index (χ0) is 13.4. The number of furan rings is 1. The standard InChI is InChI=1S/C16H11ClO2/c1-10-5-7-11(8-6-10)15(18)14-9-12-3-2-4-13(17)16(12)19-14/h2-9H,1H3. The number of hydrogen-bond acceptors (Lipinski definition) is 2. The van der Waals surface area contributed by atoms with Crippen molar-refractivity contribution in [2.45, 2.75) is 6.92 Å². The predicted octanol–water partition coefficient (Wildman–Crippen LogP) is 4.63. The topological polar surface area (TPSA) is 30.2 Å². The van der Waals surface area contributed by atoms with Crippen LogP contribution in [-0.2, 0) is 0 Å². The SMILES string of the molecule is Cc1ccc(C(=O)c2cc3cccc(Cl)c3o2)cc1. The quantitative estimate of drug-likeness (QED) is 0.636. The molecule has 0 bridgehead atoms. The second kappa shape index (κ2) is 4.56. The number of fused-ring (bicyclic) bond motifs is 1. The van der Waals surface area contributed by atoms with Crippen LogP contribution in [-0.4, -0.2) is 5.78 Å². The third kappa shape index (κ3) is 2.15. The van der Waals surface area contributed by atoms with Crippen molar-refractivity contribution in [1.82, 2.24) is 0 Å². The summed E-state index contributed by atoms with van der Waals surface area (Å²) in [6.45, 7) is 1.98. The van der Waals surface area contributed by atoms with E-state index in [2.05, 4.69) is 0 Å². The van der Waals surface area contributed by atoms with Gasteiger partial charge in [0.1, 0.15) is 0 Å². The highest BCUT2D eigenvalue weighted by atomic mass is 35.5. The Morgan fingerprint density at radius 1 is 1.11 bits per heavy atom. The molecule has 94 valence electrons. The smallest absolute Gasteiger partial charge is 0.228 e. The van der Waals surface area contributed by atoms with Gasteiger partial charge in [0.05, 0.1) is 5.02 Å². The number of benzene rings is 2.